The molecule has 2 saturated heterocycles. The second-order valence-electron chi connectivity index (χ2n) is 12.2. The van der Waals surface area contributed by atoms with Crippen LogP contribution < -0.4 is 15.1 Å². The quantitative estimate of drug-likeness (QED) is 0.555. The summed E-state index contributed by atoms with van der Waals surface area (Å²) in [7, 11) is 1.90. The molecule has 0 spiro atoms. The number of aryl methyl sites for hydroxylation is 2. The largest absolute Gasteiger partial charge is 0.487 e. The molecule has 1 aliphatic carbocycles. The number of hydrogen-bond acceptors (Lipinski definition) is 6. The third kappa shape index (κ3) is 4.64. The van der Waals surface area contributed by atoms with Gasteiger partial charge in [-0.3, -0.25) is 4.79 Å². The molecule has 7 heteroatoms. The Kier molecular flexibility index (Phi) is 6.46. The number of carbonyl (C=O) groups excluding carboxylic acids is 1. The Morgan fingerprint density at radius 2 is 1.89 bits per heavy atom. The number of hydrogen-bond donors (Lipinski definition) is 0. The zero-order chi connectivity index (χ0) is 25.7. The third-order valence-electron chi connectivity index (χ3n) is 9.15. The van der Waals surface area contributed by atoms with E-state index in [1.807, 2.05) is 18.0 Å². The van der Waals surface area contributed by atoms with Crippen LogP contribution in [0.4, 0.5) is 0 Å². The maximum Gasteiger partial charge on any atom is 0.339 e. The lowest BCUT2D eigenvalue weighted by Gasteiger charge is -2.45. The summed E-state index contributed by atoms with van der Waals surface area (Å²) in [6.07, 6.45) is 10.4. The van der Waals surface area contributed by atoms with Crippen molar-refractivity contribution in [3.8, 4) is 11.5 Å². The Labute approximate surface area is 219 Å². The van der Waals surface area contributed by atoms with Gasteiger partial charge in [0.05, 0.1) is 5.39 Å². The van der Waals surface area contributed by atoms with Gasteiger partial charge in [0.2, 0.25) is 0 Å². The molecule has 2 fully saturated rings. The lowest BCUT2D eigenvalue weighted by atomic mass is 9.83. The van der Waals surface area contributed by atoms with Gasteiger partial charge in [0.15, 0.2) is 6.61 Å². The Hall–Kier alpha value is -2.54. The number of nitrogens with zero attached hydrogens (tertiary/aromatic N) is 2. The SMILES string of the molecule is CN(CC1CCCN2CCCCC12)C(=O)COc1cc2c(c3oc(=O)c4c(c13)CCC4)CCC(C)(C)O2. The van der Waals surface area contributed by atoms with Crippen LogP contribution in [-0.4, -0.2) is 60.6 Å². The van der Waals surface area contributed by atoms with Crippen molar-refractivity contribution < 1.29 is 18.7 Å². The van der Waals surface area contributed by atoms with Gasteiger partial charge in [-0.15, -0.1) is 0 Å². The Morgan fingerprint density at radius 3 is 2.76 bits per heavy atom. The van der Waals surface area contributed by atoms with E-state index >= 15 is 0 Å². The van der Waals surface area contributed by atoms with Crippen LogP contribution in [-0.2, 0) is 24.1 Å². The van der Waals surface area contributed by atoms with Gasteiger partial charge < -0.3 is 23.7 Å². The molecule has 37 heavy (non-hydrogen) atoms. The topological polar surface area (TPSA) is 72.2 Å². The average Bonchev–Trinajstić information content (AvgIpc) is 3.37. The molecule has 2 aromatic rings. The van der Waals surface area contributed by atoms with Gasteiger partial charge in [0.1, 0.15) is 22.7 Å². The lowest BCUT2D eigenvalue weighted by Crippen LogP contribution is -2.51. The molecule has 2 unspecified atom stereocenters. The van der Waals surface area contributed by atoms with Crippen molar-refractivity contribution in [1.29, 1.82) is 0 Å². The van der Waals surface area contributed by atoms with Crippen molar-refractivity contribution in [1.82, 2.24) is 9.80 Å². The molecule has 7 nitrogen and oxygen atoms in total. The zero-order valence-electron chi connectivity index (χ0n) is 22.6. The second-order valence-corrected chi connectivity index (χ2v) is 12.2. The number of rotatable bonds is 5. The van der Waals surface area contributed by atoms with Crippen LogP contribution in [0.5, 0.6) is 11.5 Å². The van der Waals surface area contributed by atoms with Crippen LogP contribution in [0.25, 0.3) is 11.0 Å². The summed E-state index contributed by atoms with van der Waals surface area (Å²) in [4.78, 5) is 30.5. The smallest absolute Gasteiger partial charge is 0.339 e. The number of ether oxygens (including phenoxy) is 2. The van der Waals surface area contributed by atoms with Crippen LogP contribution in [0.2, 0.25) is 0 Å². The summed E-state index contributed by atoms with van der Waals surface area (Å²) in [5, 5.41) is 0.856. The molecule has 3 aliphatic heterocycles. The minimum atomic E-state index is -0.308. The number of carbonyl (C=O) groups is 1. The molecule has 0 bridgehead atoms. The highest BCUT2D eigenvalue weighted by Crippen LogP contribution is 2.44. The van der Waals surface area contributed by atoms with E-state index < -0.39 is 0 Å². The fourth-order valence-electron chi connectivity index (χ4n) is 7.16. The van der Waals surface area contributed by atoms with E-state index in [9.17, 15) is 9.59 Å². The van der Waals surface area contributed by atoms with Crippen LogP contribution in [0, 0.1) is 5.92 Å². The van der Waals surface area contributed by atoms with Crippen LogP contribution >= 0.6 is 0 Å². The molecule has 1 amide bonds. The fourth-order valence-corrected chi connectivity index (χ4v) is 7.16. The second kappa shape index (κ2) is 9.64. The highest BCUT2D eigenvalue weighted by atomic mass is 16.5. The Balaban J connectivity index is 1.25. The first-order valence-electron chi connectivity index (χ1n) is 14.2. The number of fused-ring (bicyclic) bond motifs is 6. The number of piperidine rings is 2. The van der Waals surface area contributed by atoms with Gasteiger partial charge >= 0.3 is 5.63 Å². The van der Waals surface area contributed by atoms with E-state index in [1.54, 1.807) is 0 Å². The van der Waals surface area contributed by atoms with E-state index in [0.29, 0.717) is 29.0 Å². The summed E-state index contributed by atoms with van der Waals surface area (Å²) < 4.78 is 18.4. The first kappa shape index (κ1) is 24.8. The number of benzene rings is 1. The summed E-state index contributed by atoms with van der Waals surface area (Å²) in [6.45, 7) is 7.27. The van der Waals surface area contributed by atoms with Crippen molar-refractivity contribution in [2.75, 3.05) is 33.3 Å². The molecule has 6 rings (SSSR count). The van der Waals surface area contributed by atoms with Crippen LogP contribution in [0.3, 0.4) is 0 Å². The van der Waals surface area contributed by atoms with E-state index in [0.717, 1.165) is 60.7 Å². The molecule has 0 saturated carbocycles. The molecule has 200 valence electrons. The van der Waals surface area contributed by atoms with Gasteiger partial charge in [-0.1, -0.05) is 6.42 Å². The molecule has 4 aliphatic rings. The van der Waals surface area contributed by atoms with Gasteiger partial charge in [0.25, 0.3) is 5.91 Å². The van der Waals surface area contributed by atoms with Crippen molar-refractivity contribution >= 4 is 16.9 Å². The van der Waals surface area contributed by atoms with Gasteiger partial charge in [-0.25, -0.2) is 4.79 Å². The standard InChI is InChI=1S/C30H40N2O5/c1-30(2)13-12-22-24(37-30)16-25(27-20-9-6-10-21(20)29(34)36-28(22)27)35-18-26(33)31(3)17-19-8-7-15-32-14-5-4-11-23(19)32/h16,19,23H,4-15,17-18H2,1-3H3. The van der Waals surface area contributed by atoms with E-state index in [-0.39, 0.29) is 23.7 Å². The Morgan fingerprint density at radius 1 is 1.08 bits per heavy atom. The minimum absolute atomic E-state index is 0.0194. The fraction of sp³-hybridized carbons (Fsp3) is 0.667. The van der Waals surface area contributed by atoms with E-state index in [4.69, 9.17) is 13.9 Å². The normalized spacial score (nSPS) is 24.6. The monoisotopic (exact) mass is 508 g/mol. The predicted molar refractivity (Wildman–Crippen MR) is 143 cm³/mol. The molecule has 4 heterocycles. The molecule has 1 aromatic carbocycles. The van der Waals surface area contributed by atoms with E-state index in [1.165, 1.54) is 45.2 Å². The molecule has 1 aromatic heterocycles. The molecule has 2 atom stereocenters. The summed E-state index contributed by atoms with van der Waals surface area (Å²) in [5.74, 6) is 1.79. The Bertz CT molecular complexity index is 1260. The maximum absolute atomic E-state index is 13.2. The van der Waals surface area contributed by atoms with Crippen molar-refractivity contribution in [3.63, 3.8) is 0 Å². The van der Waals surface area contributed by atoms with Crippen molar-refractivity contribution in [2.45, 2.75) is 89.7 Å². The lowest BCUT2D eigenvalue weighted by molar-refractivity contribution is -0.133. The highest BCUT2D eigenvalue weighted by molar-refractivity contribution is 5.93. The molecule has 0 radical (unpaired) electrons. The zero-order valence-corrected chi connectivity index (χ0v) is 22.6. The summed E-state index contributed by atoms with van der Waals surface area (Å²) >= 11 is 0. The first-order chi connectivity index (χ1) is 17.8. The maximum atomic E-state index is 13.2. The molecular weight excluding hydrogens is 468 g/mol. The third-order valence-corrected chi connectivity index (χ3v) is 9.15. The van der Waals surface area contributed by atoms with E-state index in [2.05, 4.69) is 18.7 Å². The number of amides is 1. The van der Waals surface area contributed by atoms with Crippen LogP contribution in [0.15, 0.2) is 15.3 Å². The first-order valence-corrected chi connectivity index (χ1v) is 14.2. The van der Waals surface area contributed by atoms with Crippen molar-refractivity contribution in [3.05, 3.63) is 33.2 Å². The minimum Gasteiger partial charge on any atom is -0.487 e. The summed E-state index contributed by atoms with van der Waals surface area (Å²) in [5.41, 5.74) is 2.74. The average molecular weight is 509 g/mol. The molecular formula is C30H40N2O5. The van der Waals surface area contributed by atoms with Gasteiger partial charge in [-0.2, -0.15) is 0 Å². The van der Waals surface area contributed by atoms with Crippen LogP contribution in [0.1, 0.15) is 75.5 Å². The predicted octanol–water partition coefficient (Wildman–Crippen LogP) is 4.49. The van der Waals surface area contributed by atoms with Crippen molar-refractivity contribution in [2.24, 2.45) is 5.92 Å². The highest BCUT2D eigenvalue weighted by Gasteiger charge is 2.35. The van der Waals surface area contributed by atoms with Gasteiger partial charge in [-0.05, 0) is 96.2 Å². The summed E-state index contributed by atoms with van der Waals surface area (Å²) in [6, 6.07) is 2.53. The van der Waals surface area contributed by atoms with Gasteiger partial charge in [0, 0.05) is 36.8 Å². The number of likely N-dealkylation sites (N-methyl/N-ethyl adjacent to an activating group) is 1. The molecule has 0 N–H and O–H groups in total.